The molecule has 0 radical (unpaired) electrons. The number of ether oxygens (including phenoxy) is 1. The molecule has 0 unspecified atom stereocenters. The van der Waals surface area contributed by atoms with Crippen LogP contribution >= 0.6 is 22.6 Å². The zero-order valence-electron chi connectivity index (χ0n) is 20.3. The van der Waals surface area contributed by atoms with Crippen LogP contribution in [-0.4, -0.2) is 36.1 Å². The number of fused-ring (bicyclic) bond motifs is 1. The van der Waals surface area contributed by atoms with Gasteiger partial charge < -0.3 is 10.1 Å². The highest BCUT2D eigenvalue weighted by molar-refractivity contribution is 14.1. The molecule has 38 heavy (non-hydrogen) atoms. The molecule has 1 amide bonds. The van der Waals surface area contributed by atoms with Crippen molar-refractivity contribution in [2.45, 2.75) is 37.4 Å². The van der Waals surface area contributed by atoms with Crippen LogP contribution in [0.4, 0.5) is 13.2 Å². The van der Waals surface area contributed by atoms with Gasteiger partial charge in [0.05, 0.1) is 34.8 Å². The molecule has 12 heteroatoms. The van der Waals surface area contributed by atoms with Gasteiger partial charge in [-0.15, -0.1) is 0 Å². The Morgan fingerprint density at radius 1 is 1.13 bits per heavy atom. The topological polar surface area (TPSA) is 90.3 Å². The summed E-state index contributed by atoms with van der Waals surface area (Å²) in [5, 5.41) is 3.55. The van der Waals surface area contributed by atoms with Crippen molar-refractivity contribution in [2.75, 3.05) is 6.61 Å². The number of aryl methyl sites for hydroxylation is 1. The molecular weight excluding hydrogens is 634 g/mol. The van der Waals surface area contributed by atoms with Gasteiger partial charge in [-0.3, -0.25) is 9.78 Å². The first-order valence-electron chi connectivity index (χ1n) is 11.4. The summed E-state index contributed by atoms with van der Waals surface area (Å²) in [6, 6.07) is 14.1. The summed E-state index contributed by atoms with van der Waals surface area (Å²) in [6.07, 6.45) is -1.74. The highest BCUT2D eigenvalue weighted by Gasteiger charge is 2.28. The molecule has 1 atom stereocenters. The van der Waals surface area contributed by atoms with Crippen molar-refractivity contribution in [1.29, 1.82) is 0 Å². The maximum Gasteiger partial charge on any atom is 0.422 e. The smallest absolute Gasteiger partial charge is 0.422 e. The molecule has 4 rings (SSSR count). The molecule has 0 saturated heterocycles. The van der Waals surface area contributed by atoms with E-state index in [1.165, 1.54) is 22.3 Å². The number of hydrogen-bond donors (Lipinski definition) is 1. The zero-order chi connectivity index (χ0) is 27.7. The predicted octanol–water partition coefficient (Wildman–Crippen LogP) is 5.55. The van der Waals surface area contributed by atoms with E-state index in [1.54, 1.807) is 55.6 Å². The molecule has 2 aromatic heterocycles. The molecule has 7 nitrogen and oxygen atoms in total. The SMILES string of the molecule is Cc1ccc(S(=O)(=O)n2cc(I)c3ccc(CC(=O)N[C@H](C)c4ccc(OCC(F)(F)F)cn4)cc32)cc1. The molecule has 0 saturated carbocycles. The van der Waals surface area contributed by atoms with Crippen molar-refractivity contribution in [3.8, 4) is 5.75 Å². The molecule has 4 aromatic rings. The lowest BCUT2D eigenvalue weighted by Crippen LogP contribution is -2.28. The van der Waals surface area contributed by atoms with Crippen molar-refractivity contribution in [3.05, 3.63) is 87.4 Å². The van der Waals surface area contributed by atoms with Crippen molar-refractivity contribution in [2.24, 2.45) is 0 Å². The Bertz CT molecular complexity index is 1570. The first-order chi connectivity index (χ1) is 17.8. The minimum absolute atomic E-state index is 0.0145. The highest BCUT2D eigenvalue weighted by atomic mass is 127. The summed E-state index contributed by atoms with van der Waals surface area (Å²) in [7, 11) is -3.85. The van der Waals surface area contributed by atoms with Crippen LogP contribution in [-0.2, 0) is 21.2 Å². The van der Waals surface area contributed by atoms with Crippen LogP contribution in [0.15, 0.2) is 71.9 Å². The quantitative estimate of drug-likeness (QED) is 0.251. The van der Waals surface area contributed by atoms with Crippen LogP contribution in [0.5, 0.6) is 5.75 Å². The van der Waals surface area contributed by atoms with E-state index in [0.717, 1.165) is 14.5 Å². The fourth-order valence-electron chi connectivity index (χ4n) is 3.79. The van der Waals surface area contributed by atoms with E-state index in [-0.39, 0.29) is 23.0 Å². The summed E-state index contributed by atoms with van der Waals surface area (Å²) in [5.74, 6) is -0.360. The normalized spacial score (nSPS) is 12.9. The van der Waals surface area contributed by atoms with Gasteiger partial charge in [0.1, 0.15) is 5.75 Å². The molecule has 0 aliphatic carbocycles. The Kier molecular flexibility index (Phi) is 8.02. The van der Waals surface area contributed by atoms with Gasteiger partial charge in [0, 0.05) is 15.2 Å². The number of hydrogen-bond acceptors (Lipinski definition) is 5. The van der Waals surface area contributed by atoms with Gasteiger partial charge in [0.2, 0.25) is 5.91 Å². The fraction of sp³-hybridized carbons (Fsp3) is 0.231. The highest BCUT2D eigenvalue weighted by Crippen LogP contribution is 2.28. The van der Waals surface area contributed by atoms with Gasteiger partial charge in [-0.05, 0) is 72.3 Å². The third-order valence-corrected chi connectivity index (χ3v) is 8.26. The minimum atomic E-state index is -4.45. The minimum Gasteiger partial charge on any atom is -0.483 e. The number of carbonyl (C=O) groups is 1. The standard InChI is InChI=1S/C26H23F3IN3O4S/c1-16-3-7-20(8-4-16)38(35,36)33-14-22(30)21-9-5-18(11-24(21)33)12-25(34)32-17(2)23-10-6-19(13-31-23)37-15-26(27,28)29/h3-11,13-14,17H,12,15H2,1-2H3,(H,32,34)/t17-/m1/s1. The Hall–Kier alpha value is -3.13. The van der Waals surface area contributed by atoms with Gasteiger partial charge >= 0.3 is 6.18 Å². The number of nitrogens with zero attached hydrogens (tertiary/aromatic N) is 2. The molecule has 0 spiro atoms. The number of carbonyl (C=O) groups excluding carboxylic acids is 1. The number of rotatable bonds is 8. The van der Waals surface area contributed by atoms with Crippen molar-refractivity contribution in [3.63, 3.8) is 0 Å². The Morgan fingerprint density at radius 3 is 2.47 bits per heavy atom. The molecule has 0 aliphatic rings. The molecule has 1 N–H and O–H groups in total. The largest absolute Gasteiger partial charge is 0.483 e. The number of benzene rings is 2. The van der Waals surface area contributed by atoms with Crippen LogP contribution in [0.3, 0.4) is 0 Å². The van der Waals surface area contributed by atoms with E-state index < -0.39 is 28.8 Å². The number of pyridine rings is 1. The first-order valence-corrected chi connectivity index (χ1v) is 13.9. The molecule has 0 aliphatic heterocycles. The Balaban J connectivity index is 1.49. The second kappa shape index (κ2) is 10.9. The average Bonchev–Trinajstić information content (AvgIpc) is 3.19. The van der Waals surface area contributed by atoms with Gasteiger partial charge in [-0.25, -0.2) is 12.4 Å². The van der Waals surface area contributed by atoms with Crippen molar-refractivity contribution < 1.29 is 31.1 Å². The second-order valence-electron chi connectivity index (χ2n) is 8.73. The maximum atomic E-state index is 13.3. The molecule has 0 fully saturated rings. The van der Waals surface area contributed by atoms with Crippen LogP contribution < -0.4 is 10.1 Å². The summed E-state index contributed by atoms with van der Waals surface area (Å²) in [4.78, 5) is 17.0. The third-order valence-electron chi connectivity index (χ3n) is 5.71. The van der Waals surface area contributed by atoms with Crippen molar-refractivity contribution >= 4 is 49.4 Å². The second-order valence-corrected chi connectivity index (χ2v) is 11.7. The molecule has 0 bridgehead atoms. The van der Waals surface area contributed by atoms with Gasteiger partial charge in [-0.1, -0.05) is 29.8 Å². The summed E-state index contributed by atoms with van der Waals surface area (Å²) in [5.41, 5.74) is 2.46. The van der Waals surface area contributed by atoms with E-state index in [4.69, 9.17) is 0 Å². The van der Waals surface area contributed by atoms with Crippen LogP contribution in [0.1, 0.15) is 29.8 Å². The lowest BCUT2D eigenvalue weighted by atomic mass is 10.1. The van der Waals surface area contributed by atoms with E-state index >= 15 is 0 Å². The zero-order valence-corrected chi connectivity index (χ0v) is 23.3. The molecule has 200 valence electrons. The molecular formula is C26H23F3IN3O4S. The Morgan fingerprint density at radius 2 is 1.84 bits per heavy atom. The predicted molar refractivity (Wildman–Crippen MR) is 144 cm³/mol. The first kappa shape index (κ1) is 27.9. The van der Waals surface area contributed by atoms with Crippen LogP contribution in [0, 0.1) is 10.5 Å². The van der Waals surface area contributed by atoms with Crippen molar-refractivity contribution in [1.82, 2.24) is 14.3 Å². The molecule has 2 aromatic carbocycles. The average molecular weight is 657 g/mol. The summed E-state index contributed by atoms with van der Waals surface area (Å²) < 4.78 is 70.2. The van der Waals surface area contributed by atoms with Gasteiger partial charge in [0.15, 0.2) is 6.61 Å². The van der Waals surface area contributed by atoms with Gasteiger partial charge in [0.25, 0.3) is 10.0 Å². The van der Waals surface area contributed by atoms with Gasteiger partial charge in [-0.2, -0.15) is 13.2 Å². The van der Waals surface area contributed by atoms with E-state index in [9.17, 15) is 26.4 Å². The number of halogens is 4. The van der Waals surface area contributed by atoms with Crippen LogP contribution in [0.25, 0.3) is 10.9 Å². The Labute approximate surface area is 231 Å². The molecule has 2 heterocycles. The number of nitrogens with one attached hydrogen (secondary N) is 1. The third kappa shape index (κ3) is 6.46. The number of amides is 1. The monoisotopic (exact) mass is 657 g/mol. The summed E-state index contributed by atoms with van der Waals surface area (Å²) >= 11 is 2.08. The van der Waals surface area contributed by atoms with Crippen LogP contribution in [0.2, 0.25) is 0 Å². The number of alkyl halides is 3. The fourth-order valence-corrected chi connectivity index (χ4v) is 6.07. The lowest BCUT2D eigenvalue weighted by Gasteiger charge is -2.15. The van der Waals surface area contributed by atoms with E-state index in [1.807, 2.05) is 6.92 Å². The number of aromatic nitrogens is 2. The maximum absolute atomic E-state index is 13.3. The lowest BCUT2D eigenvalue weighted by molar-refractivity contribution is -0.153. The van der Waals surface area contributed by atoms with E-state index in [0.29, 0.717) is 16.8 Å². The van der Waals surface area contributed by atoms with E-state index in [2.05, 4.69) is 37.6 Å². The summed E-state index contributed by atoms with van der Waals surface area (Å²) in [6.45, 7) is 2.15.